The van der Waals surface area contributed by atoms with Gasteiger partial charge in [-0.15, -0.1) is 0 Å². The van der Waals surface area contributed by atoms with Crippen molar-refractivity contribution in [2.75, 3.05) is 0 Å². The van der Waals surface area contributed by atoms with Crippen LogP contribution in [0.2, 0.25) is 0 Å². The maximum Gasteiger partial charge on any atom is 0.268 e. The van der Waals surface area contributed by atoms with Crippen LogP contribution in [0.3, 0.4) is 0 Å². The molecular formula is C13H13IN2O2. The van der Waals surface area contributed by atoms with Crippen molar-refractivity contribution >= 4 is 22.6 Å². The predicted molar refractivity (Wildman–Crippen MR) is 77.8 cm³/mol. The van der Waals surface area contributed by atoms with Gasteiger partial charge in [-0.05, 0) is 42.0 Å². The lowest BCUT2D eigenvalue weighted by atomic mass is 9.84. The zero-order chi connectivity index (χ0) is 13.3. The Morgan fingerprint density at radius 2 is 1.89 bits per heavy atom. The summed E-state index contributed by atoms with van der Waals surface area (Å²) in [6.07, 6.45) is 0. The first-order chi connectivity index (χ1) is 8.43. The van der Waals surface area contributed by atoms with Crippen LogP contribution in [0.25, 0.3) is 0 Å². The highest BCUT2D eigenvalue weighted by Gasteiger charge is 2.27. The number of hydrogen-bond donors (Lipinski definition) is 2. The molecule has 0 saturated carbocycles. The molecule has 0 saturated heterocycles. The van der Waals surface area contributed by atoms with Crippen LogP contribution in [0.5, 0.6) is 5.88 Å². The van der Waals surface area contributed by atoms with Gasteiger partial charge in [0.25, 0.3) is 5.56 Å². The summed E-state index contributed by atoms with van der Waals surface area (Å²) in [7, 11) is 0. The lowest BCUT2D eigenvalue weighted by Gasteiger charge is -2.24. The van der Waals surface area contributed by atoms with Crippen LogP contribution in [0.1, 0.15) is 25.2 Å². The molecular weight excluding hydrogens is 343 g/mol. The topological polar surface area (TPSA) is 66.0 Å². The number of aromatic nitrogens is 2. The zero-order valence-corrected chi connectivity index (χ0v) is 12.2. The Kier molecular flexibility index (Phi) is 3.43. The molecule has 2 rings (SSSR count). The van der Waals surface area contributed by atoms with E-state index in [1.165, 1.54) is 0 Å². The zero-order valence-electron chi connectivity index (χ0n) is 10.1. The molecule has 94 valence electrons. The van der Waals surface area contributed by atoms with E-state index in [1.807, 2.05) is 44.2 Å². The highest BCUT2D eigenvalue weighted by molar-refractivity contribution is 14.1. The van der Waals surface area contributed by atoms with Crippen LogP contribution in [-0.2, 0) is 5.41 Å². The number of nitrogens with zero attached hydrogens (tertiary/aromatic N) is 1. The summed E-state index contributed by atoms with van der Waals surface area (Å²) in [5.74, 6) is 0.231. The molecule has 0 aliphatic rings. The van der Waals surface area contributed by atoms with Gasteiger partial charge in [0.05, 0.1) is 0 Å². The minimum atomic E-state index is -0.470. The van der Waals surface area contributed by atoms with Crippen molar-refractivity contribution in [2.45, 2.75) is 19.3 Å². The number of aromatic hydroxyl groups is 1. The van der Waals surface area contributed by atoms with E-state index in [0.717, 1.165) is 5.56 Å². The Bertz CT molecular complexity index is 621. The Balaban J connectivity index is 2.58. The smallest absolute Gasteiger partial charge is 0.268 e. The van der Waals surface area contributed by atoms with Gasteiger partial charge in [0.1, 0.15) is 9.39 Å². The van der Waals surface area contributed by atoms with E-state index in [-0.39, 0.29) is 15.0 Å². The molecule has 0 atom stereocenters. The molecule has 1 aromatic heterocycles. The summed E-state index contributed by atoms with van der Waals surface area (Å²) in [5, 5.41) is 9.65. The minimum absolute atomic E-state index is 0.209. The maximum absolute atomic E-state index is 11.7. The van der Waals surface area contributed by atoms with Crippen LogP contribution < -0.4 is 5.56 Å². The number of H-pyrrole nitrogens is 1. The van der Waals surface area contributed by atoms with E-state index in [9.17, 15) is 9.90 Å². The highest BCUT2D eigenvalue weighted by Crippen LogP contribution is 2.29. The number of halogens is 1. The minimum Gasteiger partial charge on any atom is -0.492 e. The standard InChI is InChI=1S/C13H13IN2O2/c1-13(2,8-6-4-3-5-7-8)12-15-10(17)9(14)11(18)16-12/h3-7H,1-2H3,(H2,15,16,17,18). The van der Waals surface area contributed by atoms with Crippen molar-refractivity contribution in [3.05, 3.63) is 55.6 Å². The van der Waals surface area contributed by atoms with Crippen LogP contribution in [0, 0.1) is 3.57 Å². The van der Waals surface area contributed by atoms with Gasteiger partial charge in [-0.2, -0.15) is 4.98 Å². The molecule has 5 heteroatoms. The van der Waals surface area contributed by atoms with Gasteiger partial charge in [-0.1, -0.05) is 30.3 Å². The summed E-state index contributed by atoms with van der Waals surface area (Å²) in [5.41, 5.74) is 0.235. The summed E-state index contributed by atoms with van der Waals surface area (Å²) >= 11 is 1.77. The van der Waals surface area contributed by atoms with E-state index in [1.54, 1.807) is 22.6 Å². The van der Waals surface area contributed by atoms with E-state index >= 15 is 0 Å². The lowest BCUT2D eigenvalue weighted by Crippen LogP contribution is -2.27. The van der Waals surface area contributed by atoms with Crippen molar-refractivity contribution in [3.63, 3.8) is 0 Å². The second kappa shape index (κ2) is 4.72. The average molecular weight is 356 g/mol. The third-order valence-corrected chi connectivity index (χ3v) is 3.91. The maximum atomic E-state index is 11.7. The summed E-state index contributed by atoms with van der Waals surface area (Å²) in [4.78, 5) is 18.5. The third-order valence-electron chi connectivity index (χ3n) is 2.93. The van der Waals surface area contributed by atoms with Gasteiger partial charge in [-0.25, -0.2) is 0 Å². The first kappa shape index (κ1) is 13.1. The van der Waals surface area contributed by atoms with Crippen molar-refractivity contribution in [1.82, 2.24) is 9.97 Å². The first-order valence-electron chi connectivity index (χ1n) is 5.47. The number of rotatable bonds is 2. The molecule has 0 aliphatic carbocycles. The Morgan fingerprint density at radius 3 is 2.44 bits per heavy atom. The van der Waals surface area contributed by atoms with E-state index in [2.05, 4.69) is 9.97 Å². The second-order valence-electron chi connectivity index (χ2n) is 4.54. The molecule has 0 bridgehead atoms. The van der Waals surface area contributed by atoms with Crippen molar-refractivity contribution in [2.24, 2.45) is 0 Å². The fraction of sp³-hybridized carbons (Fsp3) is 0.231. The molecule has 0 spiro atoms. The summed E-state index contributed by atoms with van der Waals surface area (Å²) in [6.45, 7) is 3.90. The molecule has 18 heavy (non-hydrogen) atoms. The van der Waals surface area contributed by atoms with E-state index in [0.29, 0.717) is 5.82 Å². The Hall–Kier alpha value is -1.37. The van der Waals surface area contributed by atoms with Gasteiger partial charge in [0, 0.05) is 5.41 Å². The van der Waals surface area contributed by atoms with Crippen LogP contribution in [-0.4, -0.2) is 15.1 Å². The number of benzene rings is 1. The van der Waals surface area contributed by atoms with Crippen molar-refractivity contribution < 1.29 is 5.11 Å². The van der Waals surface area contributed by atoms with Crippen LogP contribution in [0.15, 0.2) is 35.1 Å². The second-order valence-corrected chi connectivity index (χ2v) is 5.62. The number of aromatic amines is 1. The first-order valence-corrected chi connectivity index (χ1v) is 6.55. The lowest BCUT2D eigenvalue weighted by molar-refractivity contribution is 0.434. The Morgan fingerprint density at radius 1 is 1.28 bits per heavy atom. The summed E-state index contributed by atoms with van der Waals surface area (Å²) in [6, 6.07) is 9.73. The molecule has 2 aromatic rings. The van der Waals surface area contributed by atoms with Crippen LogP contribution in [0.4, 0.5) is 0 Å². The molecule has 1 heterocycles. The molecule has 1 aromatic carbocycles. The largest absolute Gasteiger partial charge is 0.492 e. The molecule has 4 nitrogen and oxygen atoms in total. The van der Waals surface area contributed by atoms with Gasteiger partial charge >= 0.3 is 0 Å². The fourth-order valence-corrected chi connectivity index (χ4v) is 1.99. The molecule has 2 N–H and O–H groups in total. The van der Waals surface area contributed by atoms with Gasteiger partial charge in [-0.3, -0.25) is 4.79 Å². The highest BCUT2D eigenvalue weighted by atomic mass is 127. The number of hydrogen-bond acceptors (Lipinski definition) is 3. The number of nitrogens with one attached hydrogen (secondary N) is 1. The SMILES string of the molecule is CC(C)(c1ccccc1)c1nc(O)c(I)c(=O)[nH]1. The molecule has 0 radical (unpaired) electrons. The van der Waals surface area contributed by atoms with Gasteiger partial charge in [0.2, 0.25) is 5.88 Å². The van der Waals surface area contributed by atoms with Gasteiger partial charge in [0.15, 0.2) is 0 Å². The molecule has 0 unspecified atom stereocenters. The third kappa shape index (κ3) is 2.27. The van der Waals surface area contributed by atoms with E-state index < -0.39 is 5.41 Å². The molecule has 0 amide bonds. The fourth-order valence-electron chi connectivity index (χ4n) is 1.73. The quantitative estimate of drug-likeness (QED) is 0.813. The predicted octanol–water partition coefficient (Wildman–Crippen LogP) is 2.41. The molecule has 0 fully saturated rings. The van der Waals surface area contributed by atoms with Crippen molar-refractivity contribution in [3.8, 4) is 5.88 Å². The van der Waals surface area contributed by atoms with Crippen LogP contribution >= 0.6 is 22.6 Å². The molecule has 0 aliphatic heterocycles. The van der Waals surface area contributed by atoms with Gasteiger partial charge < -0.3 is 10.1 Å². The Labute approximate surface area is 118 Å². The summed E-state index contributed by atoms with van der Waals surface area (Å²) < 4.78 is 0.209. The van der Waals surface area contributed by atoms with Crippen molar-refractivity contribution in [1.29, 1.82) is 0 Å². The normalized spacial score (nSPS) is 11.5. The average Bonchev–Trinajstić information content (AvgIpc) is 2.36. The van der Waals surface area contributed by atoms with E-state index in [4.69, 9.17) is 0 Å². The monoisotopic (exact) mass is 356 g/mol.